The number of ether oxygens (including phenoxy) is 2. The standard InChI is InChI=1S/C35H35F2N7O12P2S/c1-18-2-6-20(7-3-18)34(46)53-22-8-4-19(5-9-22)15-59-58(50)52-13-21-12-23(44-17-41-28-31(38)39-16-40-32(28)44)29(26(21)36)55-57(48,49)51-14-24-30(56-58)27(37)33(54-24)43-11-10-25(45)42-35(43)47/h2-11,16-17,21,23-24,26-27,29-30,33H,12-15H2,1H3,(H,48,49)(H2,38,39,40)(H,42,45,47)/t21-,23-,24-,26-,27-,29+,30?,33-,58+/m1/s1. The number of hydrogen-bond acceptors (Lipinski definition) is 16. The van der Waals surface area contributed by atoms with Crippen molar-refractivity contribution in [3.05, 3.63) is 111 Å². The van der Waals surface area contributed by atoms with Gasteiger partial charge in [-0.2, -0.15) is 0 Å². The summed E-state index contributed by atoms with van der Waals surface area (Å²) in [6.45, 7) is -4.22. The van der Waals surface area contributed by atoms with Crippen LogP contribution in [-0.2, 0) is 37.7 Å². The van der Waals surface area contributed by atoms with Crippen molar-refractivity contribution in [2.75, 3.05) is 18.9 Å². The molecule has 1 saturated carbocycles. The number of nitrogen functional groups attached to an aromatic ring is 1. The van der Waals surface area contributed by atoms with Gasteiger partial charge in [0.1, 0.15) is 42.1 Å². The van der Waals surface area contributed by atoms with Crippen LogP contribution in [0.4, 0.5) is 14.6 Å². The number of aryl methyl sites for hydroxylation is 1. The lowest BCUT2D eigenvalue weighted by molar-refractivity contribution is -0.0506. The van der Waals surface area contributed by atoms with Crippen LogP contribution in [-0.4, -0.2) is 83.8 Å². The number of phosphoric ester groups is 1. The number of carbonyl (C=O) groups is 1. The number of alkyl halides is 2. The number of H-pyrrole nitrogens is 1. The van der Waals surface area contributed by atoms with E-state index in [9.17, 15) is 28.4 Å². The van der Waals surface area contributed by atoms with Gasteiger partial charge >= 0.3 is 26.3 Å². The van der Waals surface area contributed by atoms with Crippen LogP contribution in [0, 0.1) is 12.8 Å². The molecular weight excluding hydrogens is 842 g/mol. The third-order valence-electron chi connectivity index (χ3n) is 9.99. The van der Waals surface area contributed by atoms with Crippen molar-refractivity contribution in [2.24, 2.45) is 5.92 Å². The van der Waals surface area contributed by atoms with Crippen LogP contribution in [0.25, 0.3) is 11.2 Å². The van der Waals surface area contributed by atoms with E-state index in [1.54, 1.807) is 36.4 Å². The summed E-state index contributed by atoms with van der Waals surface area (Å²) in [5.74, 6) is -1.54. The number of nitrogens with zero attached hydrogens (tertiary/aromatic N) is 5. The van der Waals surface area contributed by atoms with Gasteiger partial charge in [-0.05, 0) is 54.6 Å². The summed E-state index contributed by atoms with van der Waals surface area (Å²) in [5.41, 5.74) is 6.36. The average Bonchev–Trinajstić information content (AvgIpc) is 3.86. The Hall–Kier alpha value is -4.63. The second kappa shape index (κ2) is 16.4. The second-order valence-corrected chi connectivity index (χ2v) is 19.4. The Morgan fingerprint density at radius 3 is 2.49 bits per heavy atom. The predicted octanol–water partition coefficient (Wildman–Crippen LogP) is 4.58. The van der Waals surface area contributed by atoms with Crippen molar-refractivity contribution < 1.29 is 55.2 Å². The van der Waals surface area contributed by atoms with Crippen molar-refractivity contribution in [1.29, 1.82) is 0 Å². The third kappa shape index (κ3) is 8.68. The molecule has 0 radical (unpaired) electrons. The van der Waals surface area contributed by atoms with Crippen LogP contribution in [0.1, 0.15) is 40.2 Å². The molecule has 24 heteroatoms. The summed E-state index contributed by atoms with van der Waals surface area (Å²) in [6, 6.07) is 12.9. The Bertz CT molecular complexity index is 2580. The van der Waals surface area contributed by atoms with E-state index in [2.05, 4.69) is 15.0 Å². The number of anilines is 1. The zero-order valence-corrected chi connectivity index (χ0v) is 33.3. The van der Waals surface area contributed by atoms with Gasteiger partial charge in [-0.3, -0.25) is 27.9 Å². The number of benzene rings is 2. The van der Waals surface area contributed by atoms with E-state index in [-0.39, 0.29) is 34.9 Å². The Labute approximate surface area is 336 Å². The topological polar surface area (TPSA) is 251 Å². The Morgan fingerprint density at radius 2 is 1.75 bits per heavy atom. The highest BCUT2D eigenvalue weighted by Crippen LogP contribution is 2.65. The first-order valence-corrected chi connectivity index (χ1v) is 22.6. The fourth-order valence-corrected chi connectivity index (χ4v) is 11.4. The fourth-order valence-electron chi connectivity index (χ4n) is 6.98. The van der Waals surface area contributed by atoms with Gasteiger partial charge in [0, 0.05) is 23.9 Å². The molecule has 2 saturated heterocycles. The number of phosphoric acid groups is 1. The molecule has 5 aromatic rings. The first-order chi connectivity index (χ1) is 28.2. The number of nitrogens with two attached hydrogens (primary N) is 1. The molecule has 3 aliphatic rings. The monoisotopic (exact) mass is 877 g/mol. The Kier molecular flexibility index (Phi) is 11.5. The molecule has 3 fully saturated rings. The minimum atomic E-state index is -5.19. The molecule has 312 valence electrons. The first kappa shape index (κ1) is 41.1. The molecule has 1 aliphatic carbocycles. The molecule has 19 nitrogen and oxygen atoms in total. The van der Waals surface area contributed by atoms with Crippen LogP contribution in [0.15, 0.2) is 83.0 Å². The smallest absolute Gasteiger partial charge is 0.423 e. The van der Waals surface area contributed by atoms with Crippen LogP contribution in [0.2, 0.25) is 0 Å². The van der Waals surface area contributed by atoms with Gasteiger partial charge in [0.2, 0.25) is 0 Å². The molecule has 2 bridgehead atoms. The number of halogens is 2. The summed E-state index contributed by atoms with van der Waals surface area (Å²) < 4.78 is 97.0. The number of imidazole rings is 1. The molecule has 0 spiro atoms. The summed E-state index contributed by atoms with van der Waals surface area (Å²) in [6.07, 6.45) is -7.96. The molecular formula is C35H35F2N7O12P2S. The van der Waals surface area contributed by atoms with Crippen molar-refractivity contribution in [1.82, 2.24) is 29.1 Å². The number of rotatable bonds is 7. The van der Waals surface area contributed by atoms with Gasteiger partial charge in [0.05, 0.1) is 31.1 Å². The van der Waals surface area contributed by atoms with E-state index in [0.29, 0.717) is 22.5 Å². The highest BCUT2D eigenvalue weighted by Gasteiger charge is 2.54. The molecule has 5 heterocycles. The lowest BCUT2D eigenvalue weighted by atomic mass is 10.1. The molecule has 3 aromatic heterocycles. The number of carbonyl (C=O) groups excluding carboxylic acids is 1. The quantitative estimate of drug-likeness (QED) is 0.115. The van der Waals surface area contributed by atoms with E-state index in [1.165, 1.54) is 29.4 Å². The number of fused-ring (bicyclic) bond motifs is 4. The number of aromatic amines is 1. The van der Waals surface area contributed by atoms with Crippen molar-refractivity contribution in [3.63, 3.8) is 0 Å². The van der Waals surface area contributed by atoms with Crippen LogP contribution in [0.3, 0.4) is 0 Å². The van der Waals surface area contributed by atoms with E-state index in [0.717, 1.165) is 22.4 Å². The Morgan fingerprint density at radius 1 is 0.983 bits per heavy atom. The zero-order valence-electron chi connectivity index (χ0n) is 30.7. The van der Waals surface area contributed by atoms with Crippen molar-refractivity contribution in [2.45, 2.75) is 62.0 Å². The van der Waals surface area contributed by atoms with Crippen molar-refractivity contribution in [3.8, 4) is 5.75 Å². The maximum absolute atomic E-state index is 16.4. The summed E-state index contributed by atoms with van der Waals surface area (Å²) >= 11 is 0.629. The van der Waals surface area contributed by atoms with E-state index < -0.39 is 93.9 Å². The maximum atomic E-state index is 16.4. The molecule has 4 N–H and O–H groups in total. The van der Waals surface area contributed by atoms with E-state index in [1.807, 2.05) is 11.9 Å². The van der Waals surface area contributed by atoms with Crippen molar-refractivity contribution >= 4 is 49.0 Å². The molecule has 2 unspecified atom stereocenters. The molecule has 8 rings (SSSR count). The number of aromatic nitrogens is 6. The van der Waals surface area contributed by atoms with Gasteiger partial charge in [0.15, 0.2) is 23.9 Å². The predicted molar refractivity (Wildman–Crippen MR) is 205 cm³/mol. The molecule has 10 atom stereocenters. The first-order valence-electron chi connectivity index (χ1n) is 18.0. The average molecular weight is 878 g/mol. The molecule has 2 aliphatic heterocycles. The lowest BCUT2D eigenvalue weighted by Gasteiger charge is -2.27. The summed E-state index contributed by atoms with van der Waals surface area (Å²) in [4.78, 5) is 62.3. The van der Waals surface area contributed by atoms with Gasteiger partial charge in [0.25, 0.3) is 5.56 Å². The zero-order chi connectivity index (χ0) is 41.6. The van der Waals surface area contributed by atoms with Gasteiger partial charge in [-0.1, -0.05) is 29.8 Å². The summed E-state index contributed by atoms with van der Waals surface area (Å²) in [7, 11) is -5.19. The molecule has 2 aromatic carbocycles. The highest BCUT2D eigenvalue weighted by molar-refractivity contribution is 8.54. The maximum Gasteiger partial charge on any atom is 0.472 e. The van der Waals surface area contributed by atoms with Gasteiger partial charge < -0.3 is 29.2 Å². The van der Waals surface area contributed by atoms with Crippen LogP contribution in [0.5, 0.6) is 5.75 Å². The minimum Gasteiger partial charge on any atom is -0.423 e. The van der Waals surface area contributed by atoms with Crippen LogP contribution < -0.4 is 21.7 Å². The fraction of sp³-hybridized carbons (Fsp3) is 0.371. The van der Waals surface area contributed by atoms with Gasteiger partial charge in [-0.15, -0.1) is 0 Å². The van der Waals surface area contributed by atoms with E-state index in [4.69, 9.17) is 33.3 Å². The highest BCUT2D eigenvalue weighted by atomic mass is 32.7. The Balaban J connectivity index is 1.08. The number of nitrogens with one attached hydrogen (secondary N) is 1. The lowest BCUT2D eigenvalue weighted by Crippen LogP contribution is -2.36. The van der Waals surface area contributed by atoms with E-state index >= 15 is 8.78 Å². The second-order valence-electron chi connectivity index (χ2n) is 13.9. The minimum absolute atomic E-state index is 0.0342. The van der Waals surface area contributed by atoms with Gasteiger partial charge in [-0.25, -0.2) is 42.5 Å². The largest absolute Gasteiger partial charge is 0.472 e. The normalized spacial score (nSPS) is 31.2. The molecule has 0 amide bonds. The number of esters is 1. The SMILES string of the molecule is Cc1ccc(C(=O)Oc2ccc(CS[P@@]3(=O)OC[C@H]4C[C@@H](n5cnc6c(N)ncnc65)[C@H](OP(=O)(O)OC[C@H]5O[C@@H](n6ccc(=O)[nH]c6=O)[C@H](F)C5O3)[C@@H]4F)cc2)cc1. The summed E-state index contributed by atoms with van der Waals surface area (Å²) in [5, 5.41) is 0. The molecule has 59 heavy (non-hydrogen) atoms. The number of hydrogen-bond donors (Lipinski definition) is 3. The third-order valence-corrected chi connectivity index (χ3v) is 14.6. The van der Waals surface area contributed by atoms with Crippen LogP contribution >= 0.6 is 26.0 Å².